The van der Waals surface area contributed by atoms with E-state index in [0.29, 0.717) is 11.5 Å². The molecule has 1 aromatic heterocycles. The summed E-state index contributed by atoms with van der Waals surface area (Å²) in [5.41, 5.74) is 0.661. The standard InChI is InChI=1S/C15H19F2N3O2/c16-14(17)22-13-7-9(5-6-18-13)8-19-15(21)20-12-4-2-10-1-3-11(10)12/h5-7,10-12,14H,1-4,8H2,(H2,19,20,21)/t10-,11-,12?/m1/s1. The number of nitrogens with zero attached hydrogens (tertiary/aromatic N) is 1. The van der Waals surface area contributed by atoms with Gasteiger partial charge in [0.1, 0.15) is 0 Å². The van der Waals surface area contributed by atoms with E-state index in [0.717, 1.165) is 12.3 Å². The zero-order chi connectivity index (χ0) is 15.5. The summed E-state index contributed by atoms with van der Waals surface area (Å²) in [6.45, 7) is -2.66. The van der Waals surface area contributed by atoms with Crippen molar-refractivity contribution in [2.75, 3.05) is 0 Å². The number of hydrogen-bond acceptors (Lipinski definition) is 3. The number of ether oxygens (including phenoxy) is 1. The van der Waals surface area contributed by atoms with Crippen molar-refractivity contribution in [2.45, 2.75) is 44.9 Å². The molecule has 120 valence electrons. The Balaban J connectivity index is 1.46. The van der Waals surface area contributed by atoms with E-state index in [1.54, 1.807) is 6.07 Å². The smallest absolute Gasteiger partial charge is 0.388 e. The van der Waals surface area contributed by atoms with E-state index in [1.807, 2.05) is 0 Å². The average molecular weight is 311 g/mol. The summed E-state index contributed by atoms with van der Waals surface area (Å²) in [6, 6.07) is 3.10. The van der Waals surface area contributed by atoms with Gasteiger partial charge in [0.05, 0.1) is 0 Å². The summed E-state index contributed by atoms with van der Waals surface area (Å²) in [7, 11) is 0. The lowest BCUT2D eigenvalue weighted by atomic mass is 9.75. The molecule has 0 spiro atoms. The quantitative estimate of drug-likeness (QED) is 0.879. The van der Waals surface area contributed by atoms with Gasteiger partial charge < -0.3 is 15.4 Å². The Morgan fingerprint density at radius 2 is 2.18 bits per heavy atom. The predicted octanol–water partition coefficient (Wildman–Crippen LogP) is 2.67. The Morgan fingerprint density at radius 3 is 2.86 bits per heavy atom. The fraction of sp³-hybridized carbons (Fsp3) is 0.600. The molecule has 7 heteroatoms. The number of carbonyl (C=O) groups is 1. The van der Waals surface area contributed by atoms with Crippen molar-refractivity contribution in [2.24, 2.45) is 11.8 Å². The predicted molar refractivity (Wildman–Crippen MR) is 75.5 cm³/mol. The SMILES string of the molecule is O=C(NCc1ccnc(OC(F)F)c1)NC1CC[C@H]2CC[C@@H]12. The largest absolute Gasteiger partial charge is 0.417 e. The maximum Gasteiger partial charge on any atom is 0.388 e. The Kier molecular flexibility index (Phi) is 4.40. The van der Waals surface area contributed by atoms with Crippen molar-refractivity contribution in [3.8, 4) is 5.88 Å². The van der Waals surface area contributed by atoms with Gasteiger partial charge >= 0.3 is 12.6 Å². The molecule has 2 saturated carbocycles. The maximum absolute atomic E-state index is 12.1. The third kappa shape index (κ3) is 3.45. The Labute approximate surface area is 127 Å². The van der Waals surface area contributed by atoms with Gasteiger partial charge in [-0.1, -0.05) is 0 Å². The van der Waals surface area contributed by atoms with Crippen molar-refractivity contribution in [1.82, 2.24) is 15.6 Å². The second-order valence-corrected chi connectivity index (χ2v) is 5.89. The number of pyridine rings is 1. The third-order valence-electron chi connectivity index (χ3n) is 4.62. The molecule has 5 nitrogen and oxygen atoms in total. The van der Waals surface area contributed by atoms with Crippen LogP contribution in [-0.2, 0) is 6.54 Å². The fourth-order valence-corrected chi connectivity index (χ4v) is 3.39. The molecule has 2 fully saturated rings. The molecule has 0 aliphatic heterocycles. The minimum Gasteiger partial charge on any atom is -0.417 e. The molecule has 2 aliphatic carbocycles. The molecule has 1 aromatic rings. The number of fused-ring (bicyclic) bond motifs is 1. The fourth-order valence-electron chi connectivity index (χ4n) is 3.39. The Bertz CT molecular complexity index is 541. The highest BCUT2D eigenvalue weighted by atomic mass is 19.3. The Morgan fingerprint density at radius 1 is 1.36 bits per heavy atom. The van der Waals surface area contributed by atoms with Crippen LogP contribution in [0.2, 0.25) is 0 Å². The molecule has 2 amide bonds. The Hall–Kier alpha value is -1.92. The number of urea groups is 1. The van der Waals surface area contributed by atoms with Crippen LogP contribution in [0.1, 0.15) is 31.2 Å². The molecule has 2 N–H and O–H groups in total. The van der Waals surface area contributed by atoms with Crippen LogP contribution in [0, 0.1) is 11.8 Å². The summed E-state index contributed by atoms with van der Waals surface area (Å²) < 4.78 is 28.5. The van der Waals surface area contributed by atoms with Crippen molar-refractivity contribution in [3.05, 3.63) is 23.9 Å². The van der Waals surface area contributed by atoms with Crippen LogP contribution in [0.4, 0.5) is 13.6 Å². The summed E-state index contributed by atoms with van der Waals surface area (Å²) in [4.78, 5) is 15.6. The lowest BCUT2D eigenvalue weighted by Crippen LogP contribution is -2.45. The van der Waals surface area contributed by atoms with Gasteiger partial charge in [-0.05, 0) is 49.1 Å². The first-order valence-corrected chi connectivity index (χ1v) is 7.56. The minimum absolute atomic E-state index is 0.150. The van der Waals surface area contributed by atoms with Gasteiger partial charge in [0.15, 0.2) is 0 Å². The molecule has 3 rings (SSSR count). The van der Waals surface area contributed by atoms with Gasteiger partial charge in [-0.25, -0.2) is 9.78 Å². The zero-order valence-electron chi connectivity index (χ0n) is 12.1. The van der Waals surface area contributed by atoms with Gasteiger partial charge in [-0.3, -0.25) is 0 Å². The molecular formula is C15H19F2N3O2. The molecule has 1 unspecified atom stereocenters. The molecule has 0 saturated heterocycles. The molecule has 1 heterocycles. The van der Waals surface area contributed by atoms with Crippen molar-refractivity contribution in [3.63, 3.8) is 0 Å². The third-order valence-corrected chi connectivity index (χ3v) is 4.62. The van der Waals surface area contributed by atoms with E-state index < -0.39 is 6.61 Å². The highest BCUT2D eigenvalue weighted by molar-refractivity contribution is 5.74. The minimum atomic E-state index is -2.91. The molecular weight excluding hydrogens is 292 g/mol. The summed E-state index contributed by atoms with van der Waals surface area (Å²) in [5, 5.41) is 5.76. The number of hydrogen-bond donors (Lipinski definition) is 2. The molecule has 2 aliphatic rings. The second-order valence-electron chi connectivity index (χ2n) is 5.89. The summed E-state index contributed by atoms with van der Waals surface area (Å²) in [6.07, 6.45) is 6.12. The van der Waals surface area contributed by atoms with Gasteiger partial charge in [0.25, 0.3) is 0 Å². The van der Waals surface area contributed by atoms with Crippen molar-refractivity contribution >= 4 is 6.03 Å². The molecule has 3 atom stereocenters. The lowest BCUT2D eigenvalue weighted by molar-refractivity contribution is -0.0529. The van der Waals surface area contributed by atoms with Crippen LogP contribution >= 0.6 is 0 Å². The first-order valence-electron chi connectivity index (χ1n) is 7.56. The van der Waals surface area contributed by atoms with Gasteiger partial charge in [0.2, 0.25) is 5.88 Å². The second kappa shape index (κ2) is 6.46. The number of aromatic nitrogens is 1. The van der Waals surface area contributed by atoms with Crippen molar-refractivity contribution < 1.29 is 18.3 Å². The number of carbonyl (C=O) groups excluding carboxylic acids is 1. The van der Waals surface area contributed by atoms with E-state index in [9.17, 15) is 13.6 Å². The maximum atomic E-state index is 12.1. The highest BCUT2D eigenvalue weighted by Crippen LogP contribution is 2.46. The van der Waals surface area contributed by atoms with E-state index in [4.69, 9.17) is 0 Å². The number of halogens is 2. The number of rotatable bonds is 5. The summed E-state index contributed by atoms with van der Waals surface area (Å²) in [5.74, 6) is 1.28. The summed E-state index contributed by atoms with van der Waals surface area (Å²) >= 11 is 0. The topological polar surface area (TPSA) is 63.2 Å². The first-order chi connectivity index (χ1) is 10.6. The number of nitrogens with one attached hydrogen (secondary N) is 2. The molecule has 0 radical (unpaired) electrons. The van der Waals surface area contributed by atoms with Crippen LogP contribution in [0.5, 0.6) is 5.88 Å². The molecule has 0 aromatic carbocycles. The van der Waals surface area contributed by atoms with Crippen LogP contribution in [0.3, 0.4) is 0 Å². The highest BCUT2D eigenvalue weighted by Gasteiger charge is 2.42. The average Bonchev–Trinajstić information content (AvgIpc) is 2.70. The van der Waals surface area contributed by atoms with Gasteiger partial charge in [0, 0.05) is 24.8 Å². The van der Waals surface area contributed by atoms with E-state index in [1.165, 1.54) is 31.5 Å². The normalized spacial score (nSPS) is 26.2. The van der Waals surface area contributed by atoms with E-state index in [2.05, 4.69) is 20.4 Å². The first kappa shape index (κ1) is 15.0. The van der Waals surface area contributed by atoms with Gasteiger partial charge in [-0.15, -0.1) is 0 Å². The molecule has 0 bridgehead atoms. The van der Waals surface area contributed by atoms with E-state index in [-0.39, 0.29) is 24.5 Å². The monoisotopic (exact) mass is 311 g/mol. The lowest BCUT2D eigenvalue weighted by Gasteiger charge is -2.34. The van der Waals surface area contributed by atoms with Crippen LogP contribution in [-0.4, -0.2) is 23.7 Å². The number of alkyl halides is 2. The van der Waals surface area contributed by atoms with Crippen LogP contribution < -0.4 is 15.4 Å². The van der Waals surface area contributed by atoms with Gasteiger partial charge in [-0.2, -0.15) is 8.78 Å². The van der Waals surface area contributed by atoms with Crippen LogP contribution in [0.15, 0.2) is 18.3 Å². The van der Waals surface area contributed by atoms with E-state index >= 15 is 0 Å². The van der Waals surface area contributed by atoms with Crippen molar-refractivity contribution in [1.29, 1.82) is 0 Å². The number of amides is 2. The van der Waals surface area contributed by atoms with Crippen LogP contribution in [0.25, 0.3) is 0 Å². The zero-order valence-corrected chi connectivity index (χ0v) is 12.1. The molecule has 22 heavy (non-hydrogen) atoms.